The largest absolute Gasteiger partial charge is 0.492 e. The van der Waals surface area contributed by atoms with Crippen molar-refractivity contribution < 1.29 is 22.7 Å². The van der Waals surface area contributed by atoms with Crippen LogP contribution in [0.3, 0.4) is 0 Å². The molecule has 0 aliphatic carbocycles. The van der Waals surface area contributed by atoms with Gasteiger partial charge in [-0.15, -0.1) is 0 Å². The van der Waals surface area contributed by atoms with Crippen LogP contribution in [0, 0.1) is 5.41 Å². The van der Waals surface area contributed by atoms with E-state index in [0.717, 1.165) is 31.6 Å². The van der Waals surface area contributed by atoms with E-state index in [4.69, 9.17) is 10.5 Å². The van der Waals surface area contributed by atoms with Crippen molar-refractivity contribution in [1.29, 1.82) is 0 Å². The van der Waals surface area contributed by atoms with Crippen molar-refractivity contribution in [3.63, 3.8) is 0 Å². The van der Waals surface area contributed by atoms with E-state index in [2.05, 4.69) is 17.1 Å². The molecule has 0 aromatic heterocycles. The molecule has 1 fully saturated rings. The van der Waals surface area contributed by atoms with Crippen molar-refractivity contribution in [1.82, 2.24) is 10.2 Å². The predicted octanol–water partition coefficient (Wildman–Crippen LogP) is 1.87. The van der Waals surface area contributed by atoms with Gasteiger partial charge in [-0.1, -0.05) is 6.92 Å². The number of likely N-dealkylation sites (tertiary alicyclic amines) is 1. The van der Waals surface area contributed by atoms with Crippen molar-refractivity contribution in [3.8, 4) is 5.75 Å². The number of carbonyl (C=O) groups excluding carboxylic acids is 1. The topological polar surface area (TPSA) is 67.6 Å². The first-order valence-electron chi connectivity index (χ1n) is 8.21. The van der Waals surface area contributed by atoms with Crippen LogP contribution in [0.25, 0.3) is 0 Å². The Bertz CT molecular complexity index is 577. The second kappa shape index (κ2) is 8.05. The lowest BCUT2D eigenvalue weighted by molar-refractivity contribution is -0.137. The molecular formula is C17H24F3N3O2. The maximum atomic E-state index is 12.5. The molecule has 1 aromatic rings. The summed E-state index contributed by atoms with van der Waals surface area (Å²) in [4.78, 5) is 14.0. The molecule has 25 heavy (non-hydrogen) atoms. The van der Waals surface area contributed by atoms with Crippen LogP contribution in [0.5, 0.6) is 5.75 Å². The number of nitrogens with one attached hydrogen (secondary N) is 1. The van der Waals surface area contributed by atoms with Crippen LogP contribution in [-0.2, 0) is 11.0 Å². The highest BCUT2D eigenvalue weighted by molar-refractivity contribution is 5.78. The van der Waals surface area contributed by atoms with E-state index in [1.807, 2.05) is 0 Å². The number of hydrogen-bond acceptors (Lipinski definition) is 4. The van der Waals surface area contributed by atoms with Gasteiger partial charge in [-0.05, 0) is 49.2 Å². The molecule has 1 aromatic carbocycles. The van der Waals surface area contributed by atoms with Gasteiger partial charge in [-0.25, -0.2) is 0 Å². The number of nitrogens with two attached hydrogens (primary N) is 1. The molecule has 0 bridgehead atoms. The summed E-state index contributed by atoms with van der Waals surface area (Å²) in [7, 11) is 0. The lowest BCUT2D eigenvalue weighted by Gasteiger charge is -2.22. The zero-order valence-corrected chi connectivity index (χ0v) is 14.2. The highest BCUT2D eigenvalue weighted by Gasteiger charge is 2.33. The van der Waals surface area contributed by atoms with Crippen molar-refractivity contribution in [2.45, 2.75) is 19.5 Å². The van der Waals surface area contributed by atoms with Gasteiger partial charge < -0.3 is 15.8 Å². The fourth-order valence-corrected chi connectivity index (χ4v) is 2.79. The van der Waals surface area contributed by atoms with Crippen LogP contribution in [0.15, 0.2) is 24.3 Å². The molecule has 0 radical (unpaired) electrons. The molecule has 1 aliphatic heterocycles. The minimum absolute atomic E-state index is 0.0754. The third kappa shape index (κ3) is 5.89. The van der Waals surface area contributed by atoms with Gasteiger partial charge in [0, 0.05) is 6.54 Å². The van der Waals surface area contributed by atoms with Crippen LogP contribution >= 0.6 is 0 Å². The first-order chi connectivity index (χ1) is 11.7. The minimum Gasteiger partial charge on any atom is -0.492 e. The molecule has 8 heteroatoms. The van der Waals surface area contributed by atoms with Gasteiger partial charge in [0.05, 0.1) is 18.7 Å². The molecule has 1 saturated heterocycles. The van der Waals surface area contributed by atoms with Gasteiger partial charge in [0.15, 0.2) is 0 Å². The molecule has 140 valence electrons. The number of rotatable bonds is 7. The molecule has 1 heterocycles. The SMILES string of the molecule is CC1(CN)CCN(CC(=O)NCCOc2ccc(C(F)(F)F)cc2)C1. The average Bonchev–Trinajstić information content (AvgIpc) is 2.93. The lowest BCUT2D eigenvalue weighted by Crippen LogP contribution is -2.39. The number of alkyl halides is 3. The van der Waals surface area contributed by atoms with Crippen LogP contribution in [0.1, 0.15) is 18.9 Å². The Kier molecular flexibility index (Phi) is 6.29. The second-order valence-corrected chi connectivity index (χ2v) is 6.70. The van der Waals surface area contributed by atoms with Crippen LogP contribution in [0.4, 0.5) is 13.2 Å². The van der Waals surface area contributed by atoms with E-state index < -0.39 is 11.7 Å². The zero-order valence-electron chi connectivity index (χ0n) is 14.2. The third-order valence-corrected chi connectivity index (χ3v) is 4.37. The molecule has 3 N–H and O–H groups in total. The summed E-state index contributed by atoms with van der Waals surface area (Å²) >= 11 is 0. The number of carbonyl (C=O) groups is 1. The van der Waals surface area contributed by atoms with Gasteiger partial charge in [0.2, 0.25) is 5.91 Å². The van der Waals surface area contributed by atoms with Crippen LogP contribution in [0.2, 0.25) is 0 Å². The number of ether oxygens (including phenoxy) is 1. The molecular weight excluding hydrogens is 335 g/mol. The van der Waals surface area contributed by atoms with Gasteiger partial charge >= 0.3 is 6.18 Å². The number of nitrogens with zero attached hydrogens (tertiary/aromatic N) is 1. The van der Waals surface area contributed by atoms with Crippen molar-refractivity contribution in [3.05, 3.63) is 29.8 Å². The van der Waals surface area contributed by atoms with Crippen LogP contribution in [-0.4, -0.2) is 50.1 Å². The zero-order chi connectivity index (χ0) is 18.5. The molecule has 1 amide bonds. The van der Waals surface area contributed by atoms with E-state index in [-0.39, 0.29) is 17.9 Å². The first kappa shape index (κ1) is 19.5. The highest BCUT2D eigenvalue weighted by atomic mass is 19.4. The van der Waals surface area contributed by atoms with E-state index >= 15 is 0 Å². The molecule has 1 unspecified atom stereocenters. The van der Waals surface area contributed by atoms with Gasteiger partial charge in [-0.3, -0.25) is 9.69 Å². The van der Waals surface area contributed by atoms with E-state index in [9.17, 15) is 18.0 Å². The Labute approximate surface area is 145 Å². The number of hydrogen-bond donors (Lipinski definition) is 2. The van der Waals surface area contributed by atoms with E-state index in [0.29, 0.717) is 25.4 Å². The Morgan fingerprint density at radius 1 is 1.36 bits per heavy atom. The summed E-state index contributed by atoms with van der Waals surface area (Å²) in [6.45, 7) is 5.17. The van der Waals surface area contributed by atoms with Gasteiger partial charge in [0.1, 0.15) is 12.4 Å². The summed E-state index contributed by atoms with van der Waals surface area (Å²) in [5, 5.41) is 2.74. The smallest absolute Gasteiger partial charge is 0.416 e. The van der Waals surface area contributed by atoms with Gasteiger partial charge in [-0.2, -0.15) is 13.2 Å². The molecule has 5 nitrogen and oxygen atoms in total. The lowest BCUT2D eigenvalue weighted by atomic mass is 9.90. The molecule has 1 aliphatic rings. The third-order valence-electron chi connectivity index (χ3n) is 4.37. The number of benzene rings is 1. The summed E-state index contributed by atoms with van der Waals surface area (Å²) in [6, 6.07) is 4.47. The quantitative estimate of drug-likeness (QED) is 0.730. The number of amides is 1. The summed E-state index contributed by atoms with van der Waals surface area (Å²) in [5.74, 6) is 0.234. The fourth-order valence-electron chi connectivity index (χ4n) is 2.79. The van der Waals surface area contributed by atoms with Gasteiger partial charge in [0.25, 0.3) is 0 Å². The summed E-state index contributed by atoms with van der Waals surface area (Å²) < 4.78 is 42.7. The maximum absolute atomic E-state index is 12.5. The Hall–Kier alpha value is -1.80. The van der Waals surface area contributed by atoms with Crippen LogP contribution < -0.4 is 15.8 Å². The molecule has 0 saturated carbocycles. The Balaban J connectivity index is 1.65. The predicted molar refractivity (Wildman–Crippen MR) is 88.2 cm³/mol. The molecule has 0 spiro atoms. The second-order valence-electron chi connectivity index (χ2n) is 6.70. The normalized spacial score (nSPS) is 21.3. The highest BCUT2D eigenvalue weighted by Crippen LogP contribution is 2.30. The first-order valence-corrected chi connectivity index (χ1v) is 8.21. The molecule has 1 atom stereocenters. The van der Waals surface area contributed by atoms with E-state index in [1.54, 1.807) is 0 Å². The minimum atomic E-state index is -4.36. The van der Waals surface area contributed by atoms with E-state index in [1.165, 1.54) is 12.1 Å². The van der Waals surface area contributed by atoms with Crippen molar-refractivity contribution in [2.24, 2.45) is 11.1 Å². The summed E-state index contributed by atoms with van der Waals surface area (Å²) in [5.41, 5.74) is 5.10. The average molecular weight is 359 g/mol. The maximum Gasteiger partial charge on any atom is 0.416 e. The summed E-state index contributed by atoms with van der Waals surface area (Å²) in [6.07, 6.45) is -3.38. The Morgan fingerprint density at radius 3 is 2.60 bits per heavy atom. The Morgan fingerprint density at radius 2 is 2.04 bits per heavy atom. The standard InChI is InChI=1S/C17H24F3N3O2/c1-16(11-21)6-8-23(12-16)10-15(24)22-7-9-25-14-4-2-13(3-5-14)17(18,19)20/h2-5H,6-12,21H2,1H3,(H,22,24). The molecule has 2 rings (SSSR count). The fraction of sp³-hybridized carbons (Fsp3) is 0.588. The number of halogens is 3. The van der Waals surface area contributed by atoms with Crippen molar-refractivity contribution in [2.75, 3.05) is 39.3 Å². The van der Waals surface area contributed by atoms with Crippen molar-refractivity contribution >= 4 is 5.91 Å². The monoisotopic (exact) mass is 359 g/mol.